The molecule has 2 saturated carbocycles. The van der Waals surface area contributed by atoms with Gasteiger partial charge in [0.15, 0.2) is 0 Å². The molecular formula is C19H24N4O. The average Bonchev–Trinajstić information content (AvgIpc) is 3.34. The minimum absolute atomic E-state index is 0.0483. The fourth-order valence-electron chi connectivity index (χ4n) is 3.99. The van der Waals surface area contributed by atoms with Crippen LogP contribution in [0, 0.1) is 11.8 Å². The van der Waals surface area contributed by atoms with E-state index in [1.807, 2.05) is 24.3 Å². The first-order valence-corrected chi connectivity index (χ1v) is 9.01. The van der Waals surface area contributed by atoms with Gasteiger partial charge in [0.05, 0.1) is 6.54 Å². The molecule has 1 heterocycles. The Morgan fingerprint density at radius 1 is 1.17 bits per heavy atom. The molecule has 1 amide bonds. The molecule has 0 unspecified atom stereocenters. The number of hydrogen-bond acceptors (Lipinski definition) is 3. The normalized spacial score (nSPS) is 23.8. The van der Waals surface area contributed by atoms with Crippen LogP contribution in [0.2, 0.25) is 0 Å². The van der Waals surface area contributed by atoms with Crippen molar-refractivity contribution >= 4 is 5.91 Å². The summed E-state index contributed by atoms with van der Waals surface area (Å²) in [6.07, 6.45) is 10.8. The number of nitrogens with one attached hydrogen (secondary N) is 1. The molecule has 2 aliphatic carbocycles. The van der Waals surface area contributed by atoms with Gasteiger partial charge in [-0.1, -0.05) is 31.0 Å². The lowest BCUT2D eigenvalue weighted by molar-refractivity contribution is 0.0916. The van der Waals surface area contributed by atoms with Crippen molar-refractivity contribution in [2.45, 2.75) is 51.1 Å². The van der Waals surface area contributed by atoms with E-state index in [-0.39, 0.29) is 5.91 Å². The highest BCUT2D eigenvalue weighted by molar-refractivity contribution is 5.95. The Balaban J connectivity index is 1.44. The van der Waals surface area contributed by atoms with Crippen LogP contribution in [0.25, 0.3) is 0 Å². The standard InChI is InChI=1S/C19H24N4O/c24-19(22-17-6-3-5-15(10-17)14-8-9-14)18-7-2-1-4-16(18)11-23-13-20-12-21-23/h1-2,4,7,12-15,17H,3,5-6,8-11H2,(H,22,24)/t15-,17+/m0/s1. The van der Waals surface area contributed by atoms with Crippen molar-refractivity contribution in [3.05, 3.63) is 48.0 Å². The summed E-state index contributed by atoms with van der Waals surface area (Å²) in [6, 6.07) is 8.12. The minimum Gasteiger partial charge on any atom is -0.349 e. The maximum Gasteiger partial charge on any atom is 0.251 e. The Kier molecular flexibility index (Phi) is 4.32. The smallest absolute Gasteiger partial charge is 0.251 e. The maximum absolute atomic E-state index is 12.8. The van der Waals surface area contributed by atoms with Crippen LogP contribution in [0.1, 0.15) is 54.4 Å². The number of benzene rings is 1. The molecule has 24 heavy (non-hydrogen) atoms. The predicted octanol–water partition coefficient (Wildman–Crippen LogP) is 3.03. The van der Waals surface area contributed by atoms with E-state index in [2.05, 4.69) is 15.4 Å². The SMILES string of the molecule is O=C(N[C@@H]1CCC[C@H](C2CC2)C1)c1ccccc1Cn1cncn1. The number of aromatic nitrogens is 3. The molecule has 2 fully saturated rings. The van der Waals surface area contributed by atoms with E-state index in [1.165, 1.54) is 32.0 Å². The quantitative estimate of drug-likeness (QED) is 0.919. The Bertz CT molecular complexity index is 693. The zero-order valence-electron chi connectivity index (χ0n) is 13.9. The van der Waals surface area contributed by atoms with Gasteiger partial charge in [0, 0.05) is 11.6 Å². The first-order chi connectivity index (χ1) is 11.8. The second-order valence-electron chi connectivity index (χ2n) is 7.18. The Morgan fingerprint density at radius 3 is 2.83 bits per heavy atom. The van der Waals surface area contributed by atoms with Gasteiger partial charge in [0.2, 0.25) is 0 Å². The first-order valence-electron chi connectivity index (χ1n) is 9.01. The van der Waals surface area contributed by atoms with Crippen LogP contribution < -0.4 is 5.32 Å². The van der Waals surface area contributed by atoms with Crippen LogP contribution in [0.4, 0.5) is 0 Å². The van der Waals surface area contributed by atoms with Gasteiger partial charge in [0.1, 0.15) is 12.7 Å². The van der Waals surface area contributed by atoms with E-state index in [1.54, 1.807) is 11.0 Å². The van der Waals surface area contributed by atoms with Crippen LogP contribution in [-0.4, -0.2) is 26.7 Å². The van der Waals surface area contributed by atoms with Gasteiger partial charge in [0.25, 0.3) is 5.91 Å². The van der Waals surface area contributed by atoms with Crippen molar-refractivity contribution in [3.8, 4) is 0 Å². The molecule has 1 N–H and O–H groups in total. The third-order valence-corrected chi connectivity index (χ3v) is 5.40. The number of carbonyl (C=O) groups excluding carboxylic acids is 1. The molecule has 0 aliphatic heterocycles. The molecule has 126 valence electrons. The summed E-state index contributed by atoms with van der Waals surface area (Å²) in [5.41, 5.74) is 1.73. The first kappa shape index (κ1) is 15.4. The third-order valence-electron chi connectivity index (χ3n) is 5.40. The second kappa shape index (κ2) is 6.75. The van der Waals surface area contributed by atoms with Crippen LogP contribution in [0.3, 0.4) is 0 Å². The van der Waals surface area contributed by atoms with Crippen molar-refractivity contribution in [2.24, 2.45) is 11.8 Å². The summed E-state index contributed by atoms with van der Waals surface area (Å²) in [6.45, 7) is 0.568. The number of carbonyl (C=O) groups is 1. The fraction of sp³-hybridized carbons (Fsp3) is 0.526. The highest BCUT2D eigenvalue weighted by Gasteiger charge is 2.35. The summed E-state index contributed by atoms with van der Waals surface area (Å²) in [5, 5.41) is 7.42. The molecule has 2 atom stereocenters. The van der Waals surface area contributed by atoms with E-state index >= 15 is 0 Å². The highest BCUT2D eigenvalue weighted by Crippen LogP contribution is 2.43. The largest absolute Gasteiger partial charge is 0.349 e. The molecular weight excluding hydrogens is 300 g/mol. The van der Waals surface area contributed by atoms with Crippen LogP contribution in [0.15, 0.2) is 36.9 Å². The molecule has 4 rings (SSSR count). The Hall–Kier alpha value is -2.17. The van der Waals surface area contributed by atoms with Crippen LogP contribution >= 0.6 is 0 Å². The van der Waals surface area contributed by atoms with Crippen molar-refractivity contribution < 1.29 is 4.79 Å². The van der Waals surface area contributed by atoms with E-state index in [0.29, 0.717) is 12.6 Å². The van der Waals surface area contributed by atoms with Gasteiger partial charge in [-0.05, 0) is 49.1 Å². The van der Waals surface area contributed by atoms with E-state index in [9.17, 15) is 4.79 Å². The molecule has 0 bridgehead atoms. The minimum atomic E-state index is 0.0483. The van der Waals surface area contributed by atoms with Gasteiger partial charge in [-0.2, -0.15) is 5.10 Å². The van der Waals surface area contributed by atoms with Gasteiger partial charge in [-0.15, -0.1) is 0 Å². The summed E-state index contributed by atoms with van der Waals surface area (Å²) >= 11 is 0. The molecule has 1 aromatic heterocycles. The molecule has 0 spiro atoms. The summed E-state index contributed by atoms with van der Waals surface area (Å²) in [4.78, 5) is 16.8. The van der Waals surface area contributed by atoms with Crippen molar-refractivity contribution in [2.75, 3.05) is 0 Å². The van der Waals surface area contributed by atoms with Crippen molar-refractivity contribution in [1.29, 1.82) is 0 Å². The zero-order valence-corrected chi connectivity index (χ0v) is 13.9. The van der Waals surface area contributed by atoms with Gasteiger partial charge in [-0.3, -0.25) is 4.79 Å². The molecule has 0 radical (unpaired) electrons. The zero-order chi connectivity index (χ0) is 16.4. The van der Waals surface area contributed by atoms with Crippen molar-refractivity contribution in [1.82, 2.24) is 20.1 Å². The van der Waals surface area contributed by atoms with E-state index < -0.39 is 0 Å². The van der Waals surface area contributed by atoms with E-state index in [4.69, 9.17) is 0 Å². The highest BCUT2D eigenvalue weighted by atomic mass is 16.1. The lowest BCUT2D eigenvalue weighted by Gasteiger charge is -2.30. The topological polar surface area (TPSA) is 59.8 Å². The number of amides is 1. The predicted molar refractivity (Wildman–Crippen MR) is 91.5 cm³/mol. The lowest BCUT2D eigenvalue weighted by atomic mass is 9.82. The van der Waals surface area contributed by atoms with Gasteiger partial charge >= 0.3 is 0 Å². The van der Waals surface area contributed by atoms with Crippen LogP contribution in [0.5, 0.6) is 0 Å². The summed E-state index contributed by atoms with van der Waals surface area (Å²) in [5.74, 6) is 1.81. The lowest BCUT2D eigenvalue weighted by Crippen LogP contribution is -2.39. The number of rotatable bonds is 5. The second-order valence-corrected chi connectivity index (χ2v) is 7.18. The molecule has 2 aliphatic rings. The average molecular weight is 324 g/mol. The third kappa shape index (κ3) is 3.50. The van der Waals surface area contributed by atoms with Gasteiger partial charge < -0.3 is 5.32 Å². The number of hydrogen-bond donors (Lipinski definition) is 1. The molecule has 5 nitrogen and oxygen atoms in total. The molecule has 1 aromatic carbocycles. The summed E-state index contributed by atoms with van der Waals surface area (Å²) in [7, 11) is 0. The summed E-state index contributed by atoms with van der Waals surface area (Å²) < 4.78 is 1.75. The van der Waals surface area contributed by atoms with Crippen molar-refractivity contribution in [3.63, 3.8) is 0 Å². The van der Waals surface area contributed by atoms with E-state index in [0.717, 1.165) is 35.8 Å². The Morgan fingerprint density at radius 2 is 2.04 bits per heavy atom. The maximum atomic E-state index is 12.8. The fourth-order valence-corrected chi connectivity index (χ4v) is 3.99. The number of nitrogens with zero attached hydrogens (tertiary/aromatic N) is 3. The Labute approximate surface area is 142 Å². The molecule has 0 saturated heterocycles. The molecule has 2 aromatic rings. The monoisotopic (exact) mass is 324 g/mol. The van der Waals surface area contributed by atoms with Gasteiger partial charge in [-0.25, -0.2) is 9.67 Å². The van der Waals surface area contributed by atoms with Crippen LogP contribution in [-0.2, 0) is 6.54 Å². The molecule has 5 heteroatoms.